The van der Waals surface area contributed by atoms with Crippen LogP contribution in [0.1, 0.15) is 0 Å². The second-order valence-corrected chi connectivity index (χ2v) is 3.86. The molecule has 0 bridgehead atoms. The molecule has 0 aliphatic carbocycles. The summed E-state index contributed by atoms with van der Waals surface area (Å²) in [6.07, 6.45) is 2.65. The van der Waals surface area contributed by atoms with Gasteiger partial charge in [-0.05, 0) is 6.08 Å². The highest BCUT2D eigenvalue weighted by molar-refractivity contribution is 8.08. The van der Waals surface area contributed by atoms with Crippen molar-refractivity contribution < 1.29 is 8.42 Å². The lowest BCUT2D eigenvalue weighted by atomic mass is 10.4. The first-order valence-electron chi connectivity index (χ1n) is 3.20. The van der Waals surface area contributed by atoms with E-state index in [1.807, 2.05) is 0 Å². The first kappa shape index (κ1) is 8.86. The Hall–Kier alpha value is -1.23. The molecule has 0 N–H and O–H groups in total. The van der Waals surface area contributed by atoms with Crippen molar-refractivity contribution in [2.45, 2.75) is 0 Å². The summed E-state index contributed by atoms with van der Waals surface area (Å²) in [5.41, 5.74) is 1.25. The monoisotopic (exact) mass is 184 g/mol. The summed E-state index contributed by atoms with van der Waals surface area (Å²) in [6, 6.07) is 0. The third-order valence-electron chi connectivity index (χ3n) is 1.33. The standard InChI is InChI=1S/C7H8N2O2S/c1-3-6-7(4-8-2)12(10,11)5-9-6/h3-5H,1H2,2H3/b8-4-. The first-order valence-corrected chi connectivity index (χ1v) is 4.74. The Bertz CT molecular complexity index is 388. The average Bonchev–Trinajstić information content (AvgIpc) is 2.29. The maximum atomic E-state index is 11.2. The van der Waals surface area contributed by atoms with Gasteiger partial charge < -0.3 is 0 Å². The van der Waals surface area contributed by atoms with Crippen LogP contribution in [0.25, 0.3) is 0 Å². The largest absolute Gasteiger partial charge is 0.295 e. The molecule has 0 amide bonds. The van der Waals surface area contributed by atoms with Crippen LogP contribution in [-0.2, 0) is 9.84 Å². The number of allylic oxidation sites excluding steroid dienone is 2. The quantitative estimate of drug-likeness (QED) is 0.588. The van der Waals surface area contributed by atoms with Crippen molar-refractivity contribution in [1.29, 1.82) is 0 Å². The summed E-state index contributed by atoms with van der Waals surface area (Å²) in [4.78, 5) is 7.40. The molecule has 1 aliphatic heterocycles. The van der Waals surface area contributed by atoms with Crippen molar-refractivity contribution in [3.63, 3.8) is 0 Å². The fraction of sp³-hybridized carbons (Fsp3) is 0.143. The highest BCUT2D eigenvalue weighted by Crippen LogP contribution is 2.18. The Morgan fingerprint density at radius 3 is 2.83 bits per heavy atom. The van der Waals surface area contributed by atoms with E-state index in [9.17, 15) is 8.42 Å². The zero-order chi connectivity index (χ0) is 9.19. The molecule has 4 nitrogen and oxygen atoms in total. The highest BCUT2D eigenvalue weighted by atomic mass is 32.2. The maximum absolute atomic E-state index is 11.2. The van der Waals surface area contributed by atoms with Crippen LogP contribution < -0.4 is 0 Å². The maximum Gasteiger partial charge on any atom is 0.220 e. The van der Waals surface area contributed by atoms with E-state index in [0.29, 0.717) is 5.70 Å². The predicted octanol–water partition coefficient (Wildman–Crippen LogP) is 0.541. The van der Waals surface area contributed by atoms with Gasteiger partial charge in [0.05, 0.1) is 5.70 Å². The molecule has 0 unspecified atom stereocenters. The van der Waals surface area contributed by atoms with E-state index in [-0.39, 0.29) is 4.91 Å². The summed E-state index contributed by atoms with van der Waals surface area (Å²) in [7, 11) is -1.84. The van der Waals surface area contributed by atoms with Gasteiger partial charge in [-0.2, -0.15) is 0 Å². The number of rotatable bonds is 2. The number of hydrogen-bond donors (Lipinski definition) is 0. The minimum Gasteiger partial charge on any atom is -0.295 e. The van der Waals surface area contributed by atoms with Crippen LogP contribution in [0, 0.1) is 0 Å². The molecule has 64 valence electrons. The molecular formula is C7H8N2O2S. The minimum atomic E-state index is -3.34. The number of aliphatic imine (C=N–C) groups is 2. The third-order valence-corrected chi connectivity index (χ3v) is 2.64. The van der Waals surface area contributed by atoms with Crippen LogP contribution in [0.4, 0.5) is 0 Å². The van der Waals surface area contributed by atoms with E-state index < -0.39 is 9.84 Å². The van der Waals surface area contributed by atoms with Crippen LogP contribution in [0.3, 0.4) is 0 Å². The number of hydrogen-bond acceptors (Lipinski definition) is 4. The zero-order valence-corrected chi connectivity index (χ0v) is 7.37. The second-order valence-electron chi connectivity index (χ2n) is 2.12. The van der Waals surface area contributed by atoms with Gasteiger partial charge in [-0.3, -0.25) is 4.99 Å². The summed E-state index contributed by atoms with van der Waals surface area (Å²) in [5.74, 6) is 0. The van der Waals surface area contributed by atoms with Gasteiger partial charge in [-0.1, -0.05) is 6.58 Å². The van der Waals surface area contributed by atoms with Crippen molar-refractivity contribution in [2.24, 2.45) is 9.98 Å². The Kier molecular flexibility index (Phi) is 2.23. The fourth-order valence-corrected chi connectivity index (χ4v) is 1.85. The summed E-state index contributed by atoms with van der Waals surface area (Å²) in [6.45, 7) is 3.44. The van der Waals surface area contributed by atoms with Gasteiger partial charge in [0.25, 0.3) is 0 Å². The van der Waals surface area contributed by atoms with E-state index in [4.69, 9.17) is 0 Å². The van der Waals surface area contributed by atoms with Gasteiger partial charge in [0.15, 0.2) is 0 Å². The lowest BCUT2D eigenvalue weighted by Crippen LogP contribution is -2.02. The normalized spacial score (nSPS) is 20.8. The molecule has 0 fully saturated rings. The predicted molar refractivity (Wildman–Crippen MR) is 49.1 cm³/mol. The molecule has 0 atom stereocenters. The van der Waals surface area contributed by atoms with E-state index in [1.165, 1.54) is 19.3 Å². The molecule has 0 aromatic rings. The zero-order valence-electron chi connectivity index (χ0n) is 6.56. The van der Waals surface area contributed by atoms with Crippen LogP contribution in [0.2, 0.25) is 0 Å². The van der Waals surface area contributed by atoms with Gasteiger partial charge >= 0.3 is 0 Å². The van der Waals surface area contributed by atoms with Gasteiger partial charge in [-0.25, -0.2) is 13.4 Å². The number of nitrogens with zero attached hydrogens (tertiary/aromatic N) is 2. The molecule has 0 aromatic heterocycles. The molecule has 1 rings (SSSR count). The molecule has 0 spiro atoms. The van der Waals surface area contributed by atoms with Crippen LogP contribution in [0.5, 0.6) is 0 Å². The van der Waals surface area contributed by atoms with Crippen LogP contribution in [0.15, 0.2) is 33.2 Å². The summed E-state index contributed by atoms with van der Waals surface area (Å²) >= 11 is 0. The molecule has 5 heteroatoms. The number of sulfone groups is 1. The van der Waals surface area contributed by atoms with E-state index in [1.54, 1.807) is 0 Å². The summed E-state index contributed by atoms with van der Waals surface area (Å²) < 4.78 is 22.3. The smallest absolute Gasteiger partial charge is 0.220 e. The molecule has 12 heavy (non-hydrogen) atoms. The lowest BCUT2D eigenvalue weighted by Gasteiger charge is -1.91. The van der Waals surface area contributed by atoms with Crippen molar-refractivity contribution in [3.05, 3.63) is 23.3 Å². The van der Waals surface area contributed by atoms with Crippen molar-refractivity contribution >= 4 is 21.6 Å². The Labute approximate surface area is 71.0 Å². The van der Waals surface area contributed by atoms with Crippen LogP contribution in [-0.4, -0.2) is 27.2 Å². The Morgan fingerprint density at radius 1 is 1.67 bits per heavy atom. The molecule has 0 aromatic carbocycles. The Morgan fingerprint density at radius 2 is 2.33 bits per heavy atom. The topological polar surface area (TPSA) is 58.9 Å². The summed E-state index contributed by atoms with van der Waals surface area (Å²) in [5, 5.41) is 0. The SMILES string of the molecule is C=CC1=C(/C=N\C)S(=O)(=O)C=N1. The van der Waals surface area contributed by atoms with Crippen molar-refractivity contribution in [3.8, 4) is 0 Å². The van der Waals surface area contributed by atoms with Crippen LogP contribution >= 0.6 is 0 Å². The third kappa shape index (κ3) is 1.35. The van der Waals surface area contributed by atoms with Gasteiger partial charge in [-0.15, -0.1) is 0 Å². The Balaban J connectivity index is 3.32. The lowest BCUT2D eigenvalue weighted by molar-refractivity contribution is 0.615. The molecular weight excluding hydrogens is 176 g/mol. The van der Waals surface area contributed by atoms with Gasteiger partial charge in [0.2, 0.25) is 9.84 Å². The van der Waals surface area contributed by atoms with Crippen molar-refractivity contribution in [2.75, 3.05) is 7.05 Å². The minimum absolute atomic E-state index is 0.111. The van der Waals surface area contributed by atoms with E-state index in [2.05, 4.69) is 16.6 Å². The van der Waals surface area contributed by atoms with Gasteiger partial charge in [0.1, 0.15) is 10.5 Å². The molecule has 0 radical (unpaired) electrons. The van der Waals surface area contributed by atoms with E-state index in [0.717, 1.165) is 5.55 Å². The average molecular weight is 184 g/mol. The molecule has 0 saturated carbocycles. The second kappa shape index (κ2) is 3.02. The first-order chi connectivity index (χ1) is 5.61. The highest BCUT2D eigenvalue weighted by Gasteiger charge is 2.22. The van der Waals surface area contributed by atoms with E-state index >= 15 is 0 Å². The van der Waals surface area contributed by atoms with Crippen molar-refractivity contribution in [1.82, 2.24) is 0 Å². The molecule has 1 aliphatic rings. The molecule has 0 saturated heterocycles. The van der Waals surface area contributed by atoms with Gasteiger partial charge in [0, 0.05) is 13.3 Å². The molecule has 1 heterocycles. The fourth-order valence-electron chi connectivity index (χ4n) is 0.802.